The van der Waals surface area contributed by atoms with E-state index >= 15 is 0 Å². The molecule has 7 heteroatoms. The number of halogens is 1. The highest BCUT2D eigenvalue weighted by atomic mass is 35.5. The molecule has 1 fully saturated rings. The van der Waals surface area contributed by atoms with E-state index in [9.17, 15) is 0 Å². The molecule has 2 aromatic rings. The van der Waals surface area contributed by atoms with Crippen LogP contribution in [-0.4, -0.2) is 33.9 Å². The lowest BCUT2D eigenvalue weighted by molar-refractivity contribution is 0.0962. The van der Waals surface area contributed by atoms with Gasteiger partial charge in [-0.05, 0) is 51.0 Å². The van der Waals surface area contributed by atoms with Gasteiger partial charge in [-0.1, -0.05) is 29.4 Å². The number of hydrogen-bond acceptors (Lipinski definition) is 4. The molecule has 4 rings (SSSR count). The monoisotopic (exact) mass is 402 g/mol. The summed E-state index contributed by atoms with van der Waals surface area (Å²) in [6.45, 7) is 6.13. The molecule has 5 nitrogen and oxygen atoms in total. The number of benzene rings is 1. The minimum Gasteiger partial charge on any atom is -0.376 e. The van der Waals surface area contributed by atoms with Crippen LogP contribution >= 0.6 is 23.4 Å². The number of aryl methyl sites for hydroxylation is 1. The smallest absolute Gasteiger partial charge is 0.182 e. The number of ether oxygens (including phenoxy) is 1. The molecule has 0 spiro atoms. The van der Waals surface area contributed by atoms with Crippen LogP contribution in [0.4, 0.5) is 5.69 Å². The van der Waals surface area contributed by atoms with E-state index in [1.165, 1.54) is 23.4 Å². The predicted molar refractivity (Wildman–Crippen MR) is 114 cm³/mol. The molecule has 0 unspecified atom stereocenters. The Balaban J connectivity index is 1.50. The number of hydrogen-bond donors (Lipinski definition) is 1. The first-order chi connectivity index (χ1) is 13.1. The predicted octanol–water partition coefficient (Wildman–Crippen LogP) is 4.67. The number of thioether (sulfide) groups is 1. The van der Waals surface area contributed by atoms with Crippen molar-refractivity contribution < 1.29 is 4.74 Å². The summed E-state index contributed by atoms with van der Waals surface area (Å²) in [6.07, 6.45) is 2.65. The Labute approximate surface area is 168 Å². The highest BCUT2D eigenvalue weighted by molar-refractivity contribution is 8.14. The van der Waals surface area contributed by atoms with Crippen LogP contribution in [0.5, 0.6) is 0 Å². The molecule has 0 bridgehead atoms. The molecule has 3 heterocycles. The molecule has 1 saturated heterocycles. The van der Waals surface area contributed by atoms with Gasteiger partial charge in [0.1, 0.15) is 0 Å². The van der Waals surface area contributed by atoms with Crippen LogP contribution < -0.4 is 5.43 Å². The second-order valence-corrected chi connectivity index (χ2v) is 8.29. The van der Waals surface area contributed by atoms with Crippen molar-refractivity contribution in [2.24, 2.45) is 10.1 Å². The molecule has 1 aromatic heterocycles. The second kappa shape index (κ2) is 8.09. The van der Waals surface area contributed by atoms with Crippen molar-refractivity contribution in [2.75, 3.05) is 12.4 Å². The van der Waals surface area contributed by atoms with E-state index in [1.807, 2.05) is 24.3 Å². The molecule has 0 radical (unpaired) electrons. The molecule has 0 amide bonds. The van der Waals surface area contributed by atoms with Crippen LogP contribution in [0.1, 0.15) is 29.8 Å². The summed E-state index contributed by atoms with van der Waals surface area (Å²) in [5, 5.41) is 6.05. The van der Waals surface area contributed by atoms with Crippen molar-refractivity contribution in [3.05, 3.63) is 52.3 Å². The first-order valence-electron chi connectivity index (χ1n) is 9.18. The van der Waals surface area contributed by atoms with E-state index in [-0.39, 0.29) is 0 Å². The van der Waals surface area contributed by atoms with Gasteiger partial charge in [-0.25, -0.2) is 4.99 Å². The van der Waals surface area contributed by atoms with Gasteiger partial charge in [0, 0.05) is 40.9 Å². The zero-order valence-electron chi connectivity index (χ0n) is 15.5. The number of amidine groups is 1. The van der Waals surface area contributed by atoms with Crippen LogP contribution in [0.3, 0.4) is 0 Å². The summed E-state index contributed by atoms with van der Waals surface area (Å²) in [6, 6.07) is 9.74. The Morgan fingerprint density at radius 3 is 2.96 bits per heavy atom. The summed E-state index contributed by atoms with van der Waals surface area (Å²) in [5.41, 5.74) is 8.67. The zero-order valence-corrected chi connectivity index (χ0v) is 17.1. The highest BCUT2D eigenvalue weighted by Crippen LogP contribution is 2.25. The molecular formula is C20H23ClN4OS. The fraction of sp³-hybridized carbons (Fsp3) is 0.400. The minimum absolute atomic E-state index is 0.333. The van der Waals surface area contributed by atoms with E-state index in [0.29, 0.717) is 11.1 Å². The topological polar surface area (TPSA) is 50.9 Å². The first kappa shape index (κ1) is 18.6. The lowest BCUT2D eigenvalue weighted by atomic mass is 10.1. The Bertz CT molecular complexity index is 899. The van der Waals surface area contributed by atoms with E-state index in [4.69, 9.17) is 16.3 Å². The first-order valence-corrected chi connectivity index (χ1v) is 10.5. The van der Waals surface area contributed by atoms with Crippen LogP contribution in [0, 0.1) is 13.8 Å². The van der Waals surface area contributed by atoms with Crippen molar-refractivity contribution >= 4 is 39.9 Å². The van der Waals surface area contributed by atoms with Gasteiger partial charge in [0.25, 0.3) is 0 Å². The van der Waals surface area contributed by atoms with Gasteiger partial charge >= 0.3 is 0 Å². The number of aromatic nitrogens is 1. The molecule has 0 saturated carbocycles. The molecule has 1 aromatic carbocycles. The van der Waals surface area contributed by atoms with Crippen LogP contribution in [-0.2, 0) is 11.3 Å². The third-order valence-electron chi connectivity index (χ3n) is 4.97. The maximum absolute atomic E-state index is 6.03. The summed E-state index contributed by atoms with van der Waals surface area (Å²) in [7, 11) is 0. The van der Waals surface area contributed by atoms with Crippen molar-refractivity contribution in [1.82, 2.24) is 9.99 Å². The average Bonchev–Trinajstić information content (AvgIpc) is 3.26. The number of hydrazone groups is 1. The van der Waals surface area contributed by atoms with Gasteiger partial charge in [0.2, 0.25) is 0 Å². The lowest BCUT2D eigenvalue weighted by Gasteiger charge is -2.17. The Morgan fingerprint density at radius 2 is 2.26 bits per heavy atom. The van der Waals surface area contributed by atoms with Crippen molar-refractivity contribution in [3.63, 3.8) is 0 Å². The normalized spacial score (nSPS) is 21.4. The maximum atomic E-state index is 6.03. The maximum Gasteiger partial charge on any atom is 0.182 e. The number of aliphatic imine (C=N–C) groups is 1. The van der Waals surface area contributed by atoms with E-state index < -0.39 is 0 Å². The Kier molecular flexibility index (Phi) is 5.57. The highest BCUT2D eigenvalue weighted by Gasteiger charge is 2.22. The van der Waals surface area contributed by atoms with E-state index in [2.05, 4.69) is 40.0 Å². The molecule has 2 aliphatic rings. The SMILES string of the molecule is Cc1cc(C2=NNC(=Nc3cccc(Cl)c3)SC2)c(C)n1C[C@@H]1CCCO1. The summed E-state index contributed by atoms with van der Waals surface area (Å²) in [4.78, 5) is 4.58. The number of rotatable bonds is 4. The number of nitrogens with zero attached hydrogens (tertiary/aromatic N) is 3. The molecule has 1 N–H and O–H groups in total. The largest absolute Gasteiger partial charge is 0.376 e. The average molecular weight is 403 g/mol. The fourth-order valence-corrected chi connectivity index (χ4v) is 4.50. The number of nitrogens with one attached hydrogen (secondary N) is 1. The van der Waals surface area contributed by atoms with E-state index in [0.717, 1.165) is 41.9 Å². The zero-order chi connectivity index (χ0) is 18.8. The van der Waals surface area contributed by atoms with Gasteiger partial charge in [0.15, 0.2) is 5.17 Å². The van der Waals surface area contributed by atoms with Gasteiger partial charge in [-0.2, -0.15) is 5.10 Å². The summed E-state index contributed by atoms with van der Waals surface area (Å²) in [5.74, 6) is 0.788. The summed E-state index contributed by atoms with van der Waals surface area (Å²) >= 11 is 7.68. The van der Waals surface area contributed by atoms with Crippen molar-refractivity contribution in [3.8, 4) is 0 Å². The fourth-order valence-electron chi connectivity index (χ4n) is 3.54. The Morgan fingerprint density at radius 1 is 1.37 bits per heavy atom. The molecule has 0 aliphatic carbocycles. The van der Waals surface area contributed by atoms with Crippen LogP contribution in [0.2, 0.25) is 5.02 Å². The molecular weight excluding hydrogens is 380 g/mol. The molecule has 142 valence electrons. The summed E-state index contributed by atoms with van der Waals surface area (Å²) < 4.78 is 8.16. The molecule has 2 aliphatic heterocycles. The van der Waals surface area contributed by atoms with Gasteiger partial charge < -0.3 is 9.30 Å². The molecule has 1 atom stereocenters. The quantitative estimate of drug-likeness (QED) is 0.808. The second-order valence-electron chi connectivity index (χ2n) is 6.89. The minimum atomic E-state index is 0.333. The molecule has 27 heavy (non-hydrogen) atoms. The van der Waals surface area contributed by atoms with Crippen molar-refractivity contribution in [1.29, 1.82) is 0 Å². The third-order valence-corrected chi connectivity index (χ3v) is 6.07. The van der Waals surface area contributed by atoms with Crippen molar-refractivity contribution in [2.45, 2.75) is 39.3 Å². The van der Waals surface area contributed by atoms with Crippen LogP contribution in [0.25, 0.3) is 0 Å². The standard InChI is InChI=1S/C20H23ClN4OS/c1-13-9-18(14(2)25(13)11-17-7-4-8-26-17)19-12-27-20(24-23-19)22-16-6-3-5-15(21)10-16/h3,5-6,9-10,17H,4,7-8,11-12H2,1-2H3,(H,22,24)/t17-/m0/s1. The van der Waals surface area contributed by atoms with Gasteiger partial charge in [-0.15, -0.1) is 0 Å². The van der Waals surface area contributed by atoms with Gasteiger partial charge in [-0.3, -0.25) is 5.43 Å². The van der Waals surface area contributed by atoms with Crippen LogP contribution in [0.15, 0.2) is 40.4 Å². The van der Waals surface area contributed by atoms with E-state index in [1.54, 1.807) is 11.8 Å². The lowest BCUT2D eigenvalue weighted by Crippen LogP contribution is -2.25. The third kappa shape index (κ3) is 4.23. The Hall–Kier alpha value is -1.76. The van der Waals surface area contributed by atoms with Gasteiger partial charge in [0.05, 0.1) is 17.5 Å².